The maximum atomic E-state index is 12.2. The molecule has 1 aromatic rings. The number of amides is 1. The van der Waals surface area contributed by atoms with E-state index >= 15 is 0 Å². The molecule has 132 valence electrons. The Morgan fingerprint density at radius 1 is 1.35 bits per heavy atom. The van der Waals surface area contributed by atoms with Gasteiger partial charge in [-0.25, -0.2) is 0 Å². The van der Waals surface area contributed by atoms with Crippen LogP contribution in [0.5, 0.6) is 5.75 Å². The Hall–Kier alpha value is -0.880. The van der Waals surface area contributed by atoms with E-state index in [-0.39, 0.29) is 30.7 Å². The minimum atomic E-state index is -0.185. The van der Waals surface area contributed by atoms with Crippen molar-refractivity contribution in [2.45, 2.75) is 19.3 Å². The second-order valence-electron chi connectivity index (χ2n) is 5.23. The molecule has 1 fully saturated rings. The van der Waals surface area contributed by atoms with E-state index in [1.54, 1.807) is 12.1 Å². The van der Waals surface area contributed by atoms with Crippen molar-refractivity contribution < 1.29 is 9.53 Å². The van der Waals surface area contributed by atoms with Crippen LogP contribution in [0.2, 0.25) is 5.02 Å². The molecule has 1 aliphatic rings. The number of hydrogen-bond donors (Lipinski definition) is 2. The molecule has 3 N–H and O–H groups in total. The summed E-state index contributed by atoms with van der Waals surface area (Å²) in [5.74, 6) is 0.254. The van der Waals surface area contributed by atoms with Crippen molar-refractivity contribution in [2.24, 2.45) is 0 Å². The lowest BCUT2D eigenvalue weighted by Gasteiger charge is -2.15. The van der Waals surface area contributed by atoms with Crippen molar-refractivity contribution >= 4 is 48.0 Å². The van der Waals surface area contributed by atoms with Gasteiger partial charge in [0.2, 0.25) is 0 Å². The lowest BCUT2D eigenvalue weighted by molar-refractivity contribution is 0.0949. The van der Waals surface area contributed by atoms with Crippen molar-refractivity contribution in [3.05, 3.63) is 22.7 Å². The molecule has 1 amide bonds. The van der Waals surface area contributed by atoms with Gasteiger partial charge in [0.15, 0.2) is 0 Å². The number of halogens is 3. The average Bonchev–Trinajstić information content (AvgIpc) is 2.99. The normalized spacial score (nSPS) is 13.8. The van der Waals surface area contributed by atoms with Crippen LogP contribution in [0, 0.1) is 0 Å². The average molecular weight is 385 g/mol. The summed E-state index contributed by atoms with van der Waals surface area (Å²) in [5.41, 5.74) is 6.52. The topological polar surface area (TPSA) is 67.6 Å². The summed E-state index contributed by atoms with van der Waals surface area (Å²) in [6, 6.07) is 3.12. The van der Waals surface area contributed by atoms with Crippen LogP contribution in [-0.4, -0.2) is 44.1 Å². The molecule has 0 saturated carbocycles. The maximum Gasteiger partial charge on any atom is 0.255 e. The molecule has 0 unspecified atom stereocenters. The largest absolute Gasteiger partial charge is 0.496 e. The molecule has 0 atom stereocenters. The SMILES string of the molecule is COc1cc(N)c(Cl)cc1C(=O)NCCCN1CCCC1.Cl.Cl. The van der Waals surface area contributed by atoms with Crippen LogP contribution < -0.4 is 15.8 Å². The molecule has 1 saturated heterocycles. The summed E-state index contributed by atoms with van der Waals surface area (Å²) in [5, 5.41) is 3.26. The van der Waals surface area contributed by atoms with Crippen LogP contribution in [0.4, 0.5) is 5.69 Å². The third-order valence-electron chi connectivity index (χ3n) is 3.70. The van der Waals surface area contributed by atoms with Gasteiger partial charge in [-0.1, -0.05) is 11.6 Å². The molecule has 1 aliphatic heterocycles. The van der Waals surface area contributed by atoms with E-state index in [1.165, 1.54) is 33.0 Å². The summed E-state index contributed by atoms with van der Waals surface area (Å²) >= 11 is 5.97. The fraction of sp³-hybridized carbons (Fsp3) is 0.533. The molecular formula is C15H24Cl3N3O2. The first-order chi connectivity index (χ1) is 10.1. The number of nitrogens with two attached hydrogens (primary N) is 1. The van der Waals surface area contributed by atoms with Gasteiger partial charge in [0, 0.05) is 12.6 Å². The zero-order chi connectivity index (χ0) is 15.2. The van der Waals surface area contributed by atoms with Crippen LogP contribution in [0.25, 0.3) is 0 Å². The molecule has 8 heteroatoms. The van der Waals surface area contributed by atoms with Crippen molar-refractivity contribution in [2.75, 3.05) is 39.0 Å². The number of nitrogen functional groups attached to an aromatic ring is 1. The molecular weight excluding hydrogens is 361 g/mol. The predicted molar refractivity (Wildman–Crippen MR) is 99.5 cm³/mol. The predicted octanol–water partition coefficient (Wildman–Crippen LogP) is 2.99. The number of carbonyl (C=O) groups excluding carboxylic acids is 1. The first-order valence-electron chi connectivity index (χ1n) is 7.25. The summed E-state index contributed by atoms with van der Waals surface area (Å²) < 4.78 is 5.18. The Bertz CT molecular complexity index is 509. The van der Waals surface area contributed by atoms with Crippen LogP contribution in [0.15, 0.2) is 12.1 Å². The highest BCUT2D eigenvalue weighted by Crippen LogP contribution is 2.28. The number of nitrogens with zero attached hydrogens (tertiary/aromatic N) is 1. The molecule has 0 spiro atoms. The number of anilines is 1. The third-order valence-corrected chi connectivity index (χ3v) is 4.03. The van der Waals surface area contributed by atoms with E-state index in [1.807, 2.05) is 0 Å². The molecule has 0 aliphatic carbocycles. The number of nitrogens with one attached hydrogen (secondary N) is 1. The minimum Gasteiger partial charge on any atom is -0.496 e. The summed E-state index contributed by atoms with van der Waals surface area (Å²) in [4.78, 5) is 14.6. The van der Waals surface area contributed by atoms with Crippen molar-refractivity contribution in [1.82, 2.24) is 10.2 Å². The molecule has 0 bridgehead atoms. The Morgan fingerprint density at radius 2 is 2.00 bits per heavy atom. The third kappa shape index (κ3) is 6.26. The molecule has 23 heavy (non-hydrogen) atoms. The summed E-state index contributed by atoms with van der Waals surface area (Å²) in [7, 11) is 1.51. The molecule has 5 nitrogen and oxygen atoms in total. The van der Waals surface area contributed by atoms with E-state index in [9.17, 15) is 4.79 Å². The lowest BCUT2D eigenvalue weighted by Crippen LogP contribution is -2.29. The minimum absolute atomic E-state index is 0. The molecule has 1 aromatic carbocycles. The van der Waals surface area contributed by atoms with Gasteiger partial charge in [0.05, 0.1) is 23.4 Å². The van der Waals surface area contributed by atoms with E-state index in [4.69, 9.17) is 22.1 Å². The van der Waals surface area contributed by atoms with E-state index in [2.05, 4.69) is 10.2 Å². The smallest absolute Gasteiger partial charge is 0.255 e. The van der Waals surface area contributed by atoms with Gasteiger partial charge in [-0.3, -0.25) is 4.79 Å². The quantitative estimate of drug-likeness (QED) is 0.584. The molecule has 1 heterocycles. The number of rotatable bonds is 6. The van der Waals surface area contributed by atoms with Crippen molar-refractivity contribution in [3.63, 3.8) is 0 Å². The van der Waals surface area contributed by atoms with Gasteiger partial charge in [0.25, 0.3) is 5.91 Å². The Kier molecular flexibility index (Phi) is 10.4. The monoisotopic (exact) mass is 383 g/mol. The lowest BCUT2D eigenvalue weighted by atomic mass is 10.1. The van der Waals surface area contributed by atoms with Gasteiger partial charge in [-0.15, -0.1) is 24.8 Å². The number of benzene rings is 1. The summed E-state index contributed by atoms with van der Waals surface area (Å²) in [6.07, 6.45) is 3.51. The number of likely N-dealkylation sites (tertiary alicyclic amines) is 1. The van der Waals surface area contributed by atoms with Crippen molar-refractivity contribution in [1.29, 1.82) is 0 Å². The van der Waals surface area contributed by atoms with Crippen LogP contribution in [-0.2, 0) is 0 Å². The van der Waals surface area contributed by atoms with E-state index in [0.29, 0.717) is 28.6 Å². The first-order valence-corrected chi connectivity index (χ1v) is 7.63. The van der Waals surface area contributed by atoms with Crippen LogP contribution >= 0.6 is 36.4 Å². The number of ether oxygens (including phenoxy) is 1. The Labute approximate surface area is 154 Å². The van der Waals surface area contributed by atoms with Gasteiger partial charge >= 0.3 is 0 Å². The van der Waals surface area contributed by atoms with Crippen molar-refractivity contribution in [3.8, 4) is 5.75 Å². The fourth-order valence-electron chi connectivity index (χ4n) is 2.52. The zero-order valence-corrected chi connectivity index (χ0v) is 15.5. The second-order valence-corrected chi connectivity index (χ2v) is 5.64. The molecule has 2 rings (SSSR count). The van der Waals surface area contributed by atoms with Gasteiger partial charge in [-0.05, 0) is 45.0 Å². The highest BCUT2D eigenvalue weighted by atomic mass is 35.5. The molecule has 0 radical (unpaired) electrons. The molecule has 0 aromatic heterocycles. The standard InChI is InChI=1S/C15H22ClN3O2.2ClH/c1-21-14-10-13(17)12(16)9-11(14)15(20)18-5-4-8-19-6-2-3-7-19;;/h9-10H,2-8,17H2,1H3,(H,18,20);2*1H. The number of methoxy groups -OCH3 is 1. The zero-order valence-electron chi connectivity index (χ0n) is 13.1. The fourth-order valence-corrected chi connectivity index (χ4v) is 2.69. The van der Waals surface area contributed by atoms with E-state index < -0.39 is 0 Å². The van der Waals surface area contributed by atoms with Gasteiger partial charge in [0.1, 0.15) is 5.75 Å². The Morgan fingerprint density at radius 3 is 2.61 bits per heavy atom. The van der Waals surface area contributed by atoms with Gasteiger partial charge < -0.3 is 20.7 Å². The highest BCUT2D eigenvalue weighted by molar-refractivity contribution is 6.33. The van der Waals surface area contributed by atoms with Gasteiger partial charge in [-0.2, -0.15) is 0 Å². The Balaban J connectivity index is 0.00000242. The summed E-state index contributed by atoms with van der Waals surface area (Å²) in [6.45, 7) is 4.02. The van der Waals surface area contributed by atoms with Crippen LogP contribution in [0.3, 0.4) is 0 Å². The van der Waals surface area contributed by atoms with E-state index in [0.717, 1.165) is 13.0 Å². The second kappa shape index (κ2) is 10.8. The number of carbonyl (C=O) groups is 1. The maximum absolute atomic E-state index is 12.2. The highest BCUT2D eigenvalue weighted by Gasteiger charge is 2.15. The van der Waals surface area contributed by atoms with Crippen LogP contribution in [0.1, 0.15) is 29.6 Å². The first kappa shape index (κ1) is 22.1. The number of hydrogen-bond acceptors (Lipinski definition) is 4.